The van der Waals surface area contributed by atoms with Crippen LogP contribution in [0.15, 0.2) is 93.2 Å². The summed E-state index contributed by atoms with van der Waals surface area (Å²) in [5, 5.41) is 18.6. The summed E-state index contributed by atoms with van der Waals surface area (Å²) in [6, 6.07) is 22.4. The number of hydrogen-bond acceptors (Lipinski definition) is 6. The van der Waals surface area contributed by atoms with E-state index in [1.807, 2.05) is 47.8 Å². The van der Waals surface area contributed by atoms with Gasteiger partial charge >= 0.3 is 0 Å². The molecule has 1 aromatic heterocycles. The summed E-state index contributed by atoms with van der Waals surface area (Å²) < 4.78 is 0. The maximum Gasteiger partial charge on any atom is 0.255 e. The SMILES string of the molecule is CC(=O)C1=C(CC#N)SC(Nc2ccccc2)=C(C(=O)Nc2ccccc2Cl)[C@@H]1c1cccs1. The van der Waals surface area contributed by atoms with E-state index in [0.717, 1.165) is 10.6 Å². The number of amides is 1. The van der Waals surface area contributed by atoms with Crippen molar-refractivity contribution in [2.24, 2.45) is 0 Å². The highest BCUT2D eigenvalue weighted by molar-refractivity contribution is 8.07. The van der Waals surface area contributed by atoms with Crippen LogP contribution in [0.4, 0.5) is 11.4 Å². The van der Waals surface area contributed by atoms with Crippen LogP contribution in [0, 0.1) is 11.3 Å². The second-order valence-electron chi connectivity index (χ2n) is 7.45. The first-order valence-electron chi connectivity index (χ1n) is 10.4. The van der Waals surface area contributed by atoms with Crippen molar-refractivity contribution in [2.75, 3.05) is 10.6 Å². The van der Waals surface area contributed by atoms with Crippen LogP contribution in [0.3, 0.4) is 0 Å². The average molecular weight is 506 g/mol. The van der Waals surface area contributed by atoms with Gasteiger partial charge in [-0.2, -0.15) is 5.26 Å². The first kappa shape index (κ1) is 23.8. The number of anilines is 2. The van der Waals surface area contributed by atoms with Crippen LogP contribution >= 0.6 is 34.7 Å². The fourth-order valence-electron chi connectivity index (χ4n) is 3.74. The predicted molar refractivity (Wildman–Crippen MR) is 140 cm³/mol. The van der Waals surface area contributed by atoms with Gasteiger partial charge in [0.2, 0.25) is 0 Å². The van der Waals surface area contributed by atoms with Gasteiger partial charge in [-0.05, 0) is 42.6 Å². The van der Waals surface area contributed by atoms with Crippen LogP contribution in [0.25, 0.3) is 0 Å². The second kappa shape index (κ2) is 10.7. The lowest BCUT2D eigenvalue weighted by Gasteiger charge is -2.30. The quantitative estimate of drug-likeness (QED) is 0.363. The monoisotopic (exact) mass is 505 g/mol. The molecule has 8 heteroatoms. The number of nitriles is 1. The van der Waals surface area contributed by atoms with Gasteiger partial charge in [0.1, 0.15) is 0 Å². The number of carbonyl (C=O) groups is 2. The molecule has 0 fully saturated rings. The van der Waals surface area contributed by atoms with Gasteiger partial charge in [-0.25, -0.2) is 0 Å². The zero-order valence-electron chi connectivity index (χ0n) is 18.2. The highest BCUT2D eigenvalue weighted by Crippen LogP contribution is 2.49. The molecule has 1 amide bonds. The van der Waals surface area contributed by atoms with Crippen molar-refractivity contribution in [2.45, 2.75) is 19.3 Å². The Morgan fingerprint density at radius 1 is 1.03 bits per heavy atom. The van der Waals surface area contributed by atoms with Crippen LogP contribution in [0.1, 0.15) is 24.1 Å². The molecule has 5 nitrogen and oxygen atoms in total. The van der Waals surface area contributed by atoms with Crippen molar-refractivity contribution in [1.82, 2.24) is 0 Å². The summed E-state index contributed by atoms with van der Waals surface area (Å²) in [6.07, 6.45) is 0.0703. The summed E-state index contributed by atoms with van der Waals surface area (Å²) in [6.45, 7) is 1.48. The normalized spacial score (nSPS) is 15.6. The lowest BCUT2D eigenvalue weighted by molar-refractivity contribution is -0.113. The van der Waals surface area contributed by atoms with Crippen LogP contribution in [0.5, 0.6) is 0 Å². The molecule has 2 N–H and O–H groups in total. The Balaban J connectivity index is 1.89. The fourth-order valence-corrected chi connectivity index (χ4v) is 6.01. The van der Waals surface area contributed by atoms with E-state index in [-0.39, 0.29) is 18.1 Å². The predicted octanol–water partition coefficient (Wildman–Crippen LogP) is 6.95. The smallest absolute Gasteiger partial charge is 0.255 e. The molecule has 3 aromatic rings. The number of allylic oxidation sites excluding steroid dienone is 2. The minimum absolute atomic E-state index is 0.0703. The van der Waals surface area contributed by atoms with Gasteiger partial charge in [0.15, 0.2) is 5.78 Å². The zero-order chi connectivity index (χ0) is 24.1. The number of ketones is 1. The van der Waals surface area contributed by atoms with Crippen LogP contribution in [-0.2, 0) is 9.59 Å². The number of para-hydroxylation sites is 2. The summed E-state index contributed by atoms with van der Waals surface area (Å²) in [7, 11) is 0. The molecule has 0 radical (unpaired) electrons. The Kier molecular flexibility index (Phi) is 7.53. The number of rotatable bonds is 7. The highest BCUT2D eigenvalue weighted by Gasteiger charge is 2.38. The molecule has 170 valence electrons. The molecule has 1 aliphatic rings. The van der Waals surface area contributed by atoms with Gasteiger partial charge in [-0.1, -0.05) is 59.8 Å². The van der Waals surface area contributed by atoms with E-state index >= 15 is 0 Å². The van der Waals surface area contributed by atoms with E-state index in [1.54, 1.807) is 24.3 Å². The van der Waals surface area contributed by atoms with Gasteiger partial charge in [0.25, 0.3) is 5.91 Å². The maximum atomic E-state index is 13.8. The molecule has 1 atom stereocenters. The van der Waals surface area contributed by atoms with E-state index in [2.05, 4.69) is 16.7 Å². The third kappa shape index (κ3) is 5.10. The molecule has 0 unspecified atom stereocenters. The Bertz CT molecular complexity index is 1330. The molecule has 0 saturated heterocycles. The number of nitrogens with zero attached hydrogens (tertiary/aromatic N) is 1. The van der Waals surface area contributed by atoms with E-state index in [4.69, 9.17) is 11.6 Å². The first-order valence-corrected chi connectivity index (χ1v) is 12.5. The highest BCUT2D eigenvalue weighted by atomic mass is 35.5. The van der Waals surface area contributed by atoms with Crippen molar-refractivity contribution in [3.63, 3.8) is 0 Å². The molecule has 34 heavy (non-hydrogen) atoms. The number of carbonyl (C=O) groups excluding carboxylic acids is 2. The number of nitrogens with one attached hydrogen (secondary N) is 2. The largest absolute Gasteiger partial charge is 0.350 e. The number of benzene rings is 2. The number of thioether (sulfide) groups is 1. The van der Waals surface area contributed by atoms with Crippen molar-refractivity contribution in [1.29, 1.82) is 5.26 Å². The molecule has 0 aliphatic carbocycles. The zero-order valence-corrected chi connectivity index (χ0v) is 20.6. The third-order valence-corrected chi connectivity index (χ3v) is 7.60. The van der Waals surface area contributed by atoms with Crippen molar-refractivity contribution in [3.8, 4) is 6.07 Å². The fraction of sp³-hybridized carbons (Fsp3) is 0.115. The van der Waals surface area contributed by atoms with Gasteiger partial charge in [-0.15, -0.1) is 11.3 Å². The minimum atomic E-state index is -0.615. The first-order chi connectivity index (χ1) is 16.5. The number of hydrogen-bond donors (Lipinski definition) is 2. The molecule has 1 aliphatic heterocycles. The third-order valence-electron chi connectivity index (χ3n) is 5.19. The Labute approximate surface area is 211 Å². The Hall–Kier alpha value is -3.31. The molecule has 0 spiro atoms. The van der Waals surface area contributed by atoms with Crippen LogP contribution in [0.2, 0.25) is 5.02 Å². The van der Waals surface area contributed by atoms with E-state index in [1.165, 1.54) is 30.0 Å². The van der Waals surface area contributed by atoms with E-state index in [0.29, 0.717) is 31.8 Å². The Morgan fingerprint density at radius 2 is 1.76 bits per heavy atom. The minimum Gasteiger partial charge on any atom is -0.350 e. The van der Waals surface area contributed by atoms with Crippen molar-refractivity contribution >= 4 is 57.8 Å². The van der Waals surface area contributed by atoms with Gasteiger partial charge < -0.3 is 10.6 Å². The summed E-state index contributed by atoms with van der Waals surface area (Å²) >= 11 is 9.02. The lowest BCUT2D eigenvalue weighted by Crippen LogP contribution is -2.28. The number of halogens is 1. The molecule has 2 heterocycles. The number of thiophene rings is 1. The van der Waals surface area contributed by atoms with E-state index < -0.39 is 5.92 Å². The standard InChI is InChI=1S/C26H20ClN3O2S2/c1-16(31)22-21(13-14-28)34-26(29-17-8-3-2-4-9-17)24(23(22)20-12-7-15-33-20)25(32)30-19-11-6-5-10-18(19)27/h2-12,15,23,29H,13H2,1H3,(H,30,32)/t23-/m1/s1. The van der Waals surface area contributed by atoms with Crippen LogP contribution in [-0.4, -0.2) is 11.7 Å². The van der Waals surface area contributed by atoms with E-state index in [9.17, 15) is 14.9 Å². The molecular weight excluding hydrogens is 486 g/mol. The molecule has 4 rings (SSSR count). The molecular formula is C26H20ClN3O2S2. The van der Waals surface area contributed by atoms with Gasteiger partial charge in [0.05, 0.1) is 39.7 Å². The van der Waals surface area contributed by atoms with Gasteiger partial charge in [-0.3, -0.25) is 9.59 Å². The topological polar surface area (TPSA) is 82.0 Å². The summed E-state index contributed by atoms with van der Waals surface area (Å²) in [5.74, 6) is -1.15. The second-order valence-corrected chi connectivity index (χ2v) is 9.94. The van der Waals surface area contributed by atoms with Gasteiger partial charge in [0, 0.05) is 21.0 Å². The lowest BCUT2D eigenvalue weighted by atomic mass is 9.85. The summed E-state index contributed by atoms with van der Waals surface area (Å²) in [5.41, 5.74) is 2.15. The number of Topliss-reactive ketones (excluding diaryl/α,β-unsaturated/α-hetero) is 1. The summed E-state index contributed by atoms with van der Waals surface area (Å²) in [4.78, 5) is 28.1. The van der Waals surface area contributed by atoms with Crippen LogP contribution < -0.4 is 10.6 Å². The van der Waals surface area contributed by atoms with Crippen molar-refractivity contribution < 1.29 is 9.59 Å². The van der Waals surface area contributed by atoms with Crippen molar-refractivity contribution in [3.05, 3.63) is 103 Å². The molecule has 0 bridgehead atoms. The molecule has 2 aromatic carbocycles. The average Bonchev–Trinajstić information content (AvgIpc) is 3.35. The Morgan fingerprint density at radius 3 is 2.41 bits per heavy atom. The molecule has 0 saturated carbocycles. The maximum absolute atomic E-state index is 13.8.